The van der Waals surface area contributed by atoms with Crippen LogP contribution in [0.5, 0.6) is 0 Å². The molecule has 0 bridgehead atoms. The summed E-state index contributed by atoms with van der Waals surface area (Å²) >= 11 is 0. The van der Waals surface area contributed by atoms with Crippen LogP contribution >= 0.6 is 0 Å². The molecule has 0 saturated carbocycles. The van der Waals surface area contributed by atoms with E-state index in [-0.39, 0.29) is 59.8 Å². The van der Waals surface area contributed by atoms with Gasteiger partial charge in [-0.3, -0.25) is 29.0 Å². The number of carbonyl (C=O) groups excluding carboxylic acids is 6. The van der Waals surface area contributed by atoms with E-state index in [1.54, 1.807) is 0 Å². The molecule has 0 aromatic rings. The summed E-state index contributed by atoms with van der Waals surface area (Å²) in [5.41, 5.74) is 0. The number of hydrogen-bond acceptors (Lipinski definition) is 8. The van der Waals surface area contributed by atoms with Gasteiger partial charge >= 0.3 is 23.1 Å². The van der Waals surface area contributed by atoms with Gasteiger partial charge < -0.3 is 19.8 Å². The molecular formula is C16H16MgN2O8. The van der Waals surface area contributed by atoms with Crippen LogP contribution in [-0.4, -0.2) is 80.5 Å². The van der Waals surface area contributed by atoms with E-state index in [1.165, 1.54) is 0 Å². The molecule has 27 heavy (non-hydrogen) atoms. The molecule has 4 unspecified atom stereocenters. The van der Waals surface area contributed by atoms with Crippen molar-refractivity contribution in [1.29, 1.82) is 0 Å². The zero-order chi connectivity index (χ0) is 19.2. The Morgan fingerprint density at radius 2 is 1.07 bits per heavy atom. The van der Waals surface area contributed by atoms with E-state index >= 15 is 0 Å². The van der Waals surface area contributed by atoms with Crippen LogP contribution in [0.2, 0.25) is 0 Å². The first kappa shape index (κ1) is 21.3. The summed E-state index contributed by atoms with van der Waals surface area (Å²) in [7, 11) is 0. The molecule has 0 N–H and O–H groups in total. The van der Waals surface area contributed by atoms with Gasteiger partial charge in [-0.1, -0.05) is 0 Å². The summed E-state index contributed by atoms with van der Waals surface area (Å²) in [6, 6.07) is -0.384. The molecule has 4 fully saturated rings. The number of carboxylic acid groups (broad SMARTS) is 2. The Balaban J connectivity index is 0.000000187. The first-order valence-electron chi connectivity index (χ1n) is 8.36. The van der Waals surface area contributed by atoms with Crippen LogP contribution in [0.4, 0.5) is 0 Å². The quantitative estimate of drug-likeness (QED) is 0.264. The number of fused-ring (bicyclic) bond motifs is 2. The molecule has 4 aliphatic heterocycles. The average molecular weight is 389 g/mol. The van der Waals surface area contributed by atoms with Gasteiger partial charge in [-0.15, -0.1) is 0 Å². The zero-order valence-corrected chi connectivity index (χ0v) is 15.8. The van der Waals surface area contributed by atoms with Crippen molar-refractivity contribution >= 4 is 58.6 Å². The minimum absolute atomic E-state index is 0. The van der Waals surface area contributed by atoms with Gasteiger partial charge in [-0.05, 0) is 25.7 Å². The third kappa shape index (κ3) is 3.70. The van der Waals surface area contributed by atoms with Crippen molar-refractivity contribution in [2.45, 2.75) is 50.6 Å². The molecule has 0 radical (unpaired) electrons. The number of nitrogens with zero attached hydrogens (tertiary/aromatic N) is 2. The predicted octanol–water partition coefficient (Wildman–Crippen LogP) is -3.83. The SMILES string of the molecule is O=C([O-])C1CC2CCC(=O)N2C1=O.O=C([O-])C1CC2CCC(=O)N2C1=O.[Mg+2]. The van der Waals surface area contributed by atoms with Gasteiger partial charge in [-0.2, -0.15) is 0 Å². The number of imide groups is 2. The van der Waals surface area contributed by atoms with E-state index in [1.807, 2.05) is 0 Å². The number of aliphatic carboxylic acids is 2. The van der Waals surface area contributed by atoms with Gasteiger partial charge in [0.05, 0.1) is 23.8 Å². The monoisotopic (exact) mass is 388 g/mol. The van der Waals surface area contributed by atoms with Crippen LogP contribution in [0, 0.1) is 11.8 Å². The van der Waals surface area contributed by atoms with Crippen LogP contribution in [0.3, 0.4) is 0 Å². The van der Waals surface area contributed by atoms with Crippen molar-refractivity contribution in [2.75, 3.05) is 0 Å². The van der Waals surface area contributed by atoms with Gasteiger partial charge in [-0.25, -0.2) is 0 Å². The van der Waals surface area contributed by atoms with Gasteiger partial charge in [0.1, 0.15) is 0 Å². The zero-order valence-electron chi connectivity index (χ0n) is 14.4. The summed E-state index contributed by atoms with van der Waals surface area (Å²) < 4.78 is 0. The minimum Gasteiger partial charge on any atom is -0.549 e. The van der Waals surface area contributed by atoms with Crippen LogP contribution < -0.4 is 10.2 Å². The molecule has 0 aromatic carbocycles. The first-order chi connectivity index (χ1) is 12.2. The van der Waals surface area contributed by atoms with Crippen LogP contribution in [0.15, 0.2) is 0 Å². The van der Waals surface area contributed by atoms with E-state index < -0.39 is 35.6 Å². The van der Waals surface area contributed by atoms with Gasteiger partial charge in [0, 0.05) is 24.9 Å². The number of rotatable bonds is 2. The van der Waals surface area contributed by atoms with Crippen molar-refractivity contribution in [3.8, 4) is 0 Å². The molecule has 4 heterocycles. The maximum atomic E-state index is 11.3. The fourth-order valence-corrected chi connectivity index (χ4v) is 4.01. The standard InChI is InChI=1S/2C8H9NO4.Mg/c2*10-6-2-1-4-3-5(8(12)13)7(11)9(4)6;/h2*4-5H,1-3H2,(H,12,13);/q;;+2/p-2. The summed E-state index contributed by atoms with van der Waals surface area (Å²) in [5, 5.41) is 21.0. The Morgan fingerprint density at radius 3 is 1.33 bits per heavy atom. The third-order valence-corrected chi connectivity index (χ3v) is 5.31. The Bertz CT molecular complexity index is 663. The minimum atomic E-state index is -1.37. The van der Waals surface area contributed by atoms with E-state index in [0.29, 0.717) is 25.7 Å². The molecule has 4 amide bonds. The third-order valence-electron chi connectivity index (χ3n) is 5.31. The van der Waals surface area contributed by atoms with Crippen LogP contribution in [0.25, 0.3) is 0 Å². The normalized spacial score (nSPS) is 31.3. The summed E-state index contributed by atoms with van der Waals surface area (Å²) in [6.07, 6.45) is 2.36. The Morgan fingerprint density at radius 1 is 0.741 bits per heavy atom. The van der Waals surface area contributed by atoms with Crippen molar-refractivity contribution < 1.29 is 39.0 Å². The molecular weight excluding hydrogens is 372 g/mol. The van der Waals surface area contributed by atoms with Crippen LogP contribution in [-0.2, 0) is 28.8 Å². The molecule has 0 aromatic heterocycles. The van der Waals surface area contributed by atoms with Crippen LogP contribution in [0.1, 0.15) is 38.5 Å². The smallest absolute Gasteiger partial charge is 0.549 e. The molecule has 10 nitrogen and oxygen atoms in total. The maximum absolute atomic E-state index is 11.3. The fourth-order valence-electron chi connectivity index (χ4n) is 4.01. The summed E-state index contributed by atoms with van der Waals surface area (Å²) in [6.45, 7) is 0. The van der Waals surface area contributed by atoms with Crippen molar-refractivity contribution in [3.05, 3.63) is 0 Å². The molecule has 4 aliphatic rings. The first-order valence-corrected chi connectivity index (χ1v) is 8.36. The fraction of sp³-hybridized carbons (Fsp3) is 0.625. The average Bonchev–Trinajstić information content (AvgIpc) is 3.27. The van der Waals surface area contributed by atoms with E-state index in [2.05, 4.69) is 0 Å². The van der Waals surface area contributed by atoms with Crippen molar-refractivity contribution in [3.63, 3.8) is 0 Å². The molecule has 4 saturated heterocycles. The molecule has 4 atom stereocenters. The largest absolute Gasteiger partial charge is 2.00 e. The van der Waals surface area contributed by atoms with Crippen molar-refractivity contribution in [2.24, 2.45) is 11.8 Å². The number of carboxylic acids is 2. The van der Waals surface area contributed by atoms with E-state index in [4.69, 9.17) is 0 Å². The Labute approximate surface area is 170 Å². The Hall–Kier alpha value is -2.01. The van der Waals surface area contributed by atoms with Gasteiger partial charge in [0.25, 0.3) is 0 Å². The molecule has 11 heteroatoms. The van der Waals surface area contributed by atoms with E-state index in [0.717, 1.165) is 9.80 Å². The molecule has 0 aliphatic carbocycles. The molecule has 140 valence electrons. The van der Waals surface area contributed by atoms with Gasteiger partial charge in [0.15, 0.2) is 0 Å². The second-order valence-corrected chi connectivity index (χ2v) is 6.80. The predicted molar refractivity (Wildman–Crippen MR) is 81.7 cm³/mol. The second kappa shape index (κ2) is 7.93. The van der Waals surface area contributed by atoms with E-state index in [9.17, 15) is 39.0 Å². The van der Waals surface area contributed by atoms with Crippen molar-refractivity contribution in [1.82, 2.24) is 9.80 Å². The molecule has 4 rings (SSSR count). The maximum Gasteiger partial charge on any atom is 2.00 e. The van der Waals surface area contributed by atoms with Gasteiger partial charge in [0.2, 0.25) is 23.6 Å². The molecule has 0 spiro atoms. The number of hydrogen-bond donors (Lipinski definition) is 0. The summed E-state index contributed by atoms with van der Waals surface area (Å²) in [4.78, 5) is 68.0. The second-order valence-electron chi connectivity index (χ2n) is 6.80. The Kier molecular flexibility index (Phi) is 6.25. The topological polar surface area (TPSA) is 155 Å². The number of amides is 4. The summed E-state index contributed by atoms with van der Waals surface area (Å²) in [5.74, 6) is -6.62. The number of carbonyl (C=O) groups is 6.